The fraction of sp³-hybridized carbons (Fsp3) is 0.467. The zero-order valence-corrected chi connectivity index (χ0v) is 12.5. The molecule has 1 heterocycles. The second-order valence-electron chi connectivity index (χ2n) is 5.23. The maximum atomic E-state index is 6.22. The van der Waals surface area contributed by atoms with Crippen LogP contribution in [0.25, 0.3) is 10.9 Å². The van der Waals surface area contributed by atoms with Crippen LogP contribution >= 0.6 is 11.6 Å². The Morgan fingerprint density at radius 1 is 1.22 bits per heavy atom. The fourth-order valence-corrected chi connectivity index (χ4v) is 2.66. The molecular weight excluding hydrogens is 244 g/mol. The van der Waals surface area contributed by atoms with Crippen LogP contribution in [0.3, 0.4) is 0 Å². The van der Waals surface area contributed by atoms with Gasteiger partial charge in [-0.05, 0) is 31.0 Å². The molecule has 98 valence electrons. The molecule has 0 saturated carbocycles. The van der Waals surface area contributed by atoms with Gasteiger partial charge in [0.15, 0.2) is 0 Å². The number of rotatable bonds is 3. The molecule has 0 unspecified atom stereocenters. The lowest BCUT2D eigenvalue weighted by Crippen LogP contribution is -2.23. The second kappa shape index (κ2) is 4.94. The van der Waals surface area contributed by atoms with Gasteiger partial charge in [-0.15, -0.1) is 0 Å². The molecule has 18 heavy (non-hydrogen) atoms. The number of nitrogens with zero attached hydrogens (tertiary/aromatic N) is 1. The lowest BCUT2D eigenvalue weighted by Gasteiger charge is -2.11. The van der Waals surface area contributed by atoms with Gasteiger partial charge in [-0.2, -0.15) is 0 Å². The monoisotopic (exact) mass is 264 g/mol. The van der Waals surface area contributed by atoms with Crippen molar-refractivity contribution >= 4 is 22.5 Å². The smallest absolute Gasteiger partial charge is 0.0527 e. The van der Waals surface area contributed by atoms with Crippen molar-refractivity contribution in [3.63, 3.8) is 0 Å². The summed E-state index contributed by atoms with van der Waals surface area (Å²) in [7, 11) is 2.12. The summed E-state index contributed by atoms with van der Waals surface area (Å²) < 4.78 is 2.27. The summed E-state index contributed by atoms with van der Waals surface area (Å²) in [6.45, 7) is 9.50. The van der Waals surface area contributed by atoms with Crippen LogP contribution in [-0.4, -0.2) is 10.6 Å². The highest BCUT2D eigenvalue weighted by molar-refractivity contribution is 6.32. The molecule has 0 bridgehead atoms. The molecule has 0 aliphatic rings. The molecule has 0 spiro atoms. The number of fused-ring (bicyclic) bond motifs is 1. The number of aromatic nitrogens is 1. The fourth-order valence-electron chi connectivity index (χ4n) is 2.50. The zero-order valence-electron chi connectivity index (χ0n) is 11.8. The van der Waals surface area contributed by atoms with E-state index in [2.05, 4.69) is 50.7 Å². The normalized spacial score (nSPS) is 11.7. The molecular formula is C15H21ClN2. The Bertz CT molecular complexity index is 582. The number of hydrogen-bond donors (Lipinski definition) is 1. The molecule has 2 rings (SSSR count). The predicted molar refractivity (Wildman–Crippen MR) is 79.4 cm³/mol. The summed E-state index contributed by atoms with van der Waals surface area (Å²) in [6, 6.07) is 4.61. The SMILES string of the molecule is Cc1c(CNC(C)C)n(C)c2c(C)c(Cl)ccc12. The molecule has 2 aromatic rings. The molecule has 3 heteroatoms. The zero-order chi connectivity index (χ0) is 13.4. The van der Waals surface area contributed by atoms with Gasteiger partial charge in [0.2, 0.25) is 0 Å². The standard InChI is InChI=1S/C15H21ClN2/c1-9(2)17-8-14-10(3)12-6-7-13(16)11(4)15(12)18(14)5/h6-7,9,17H,8H2,1-5H3. The van der Waals surface area contributed by atoms with E-state index in [-0.39, 0.29) is 0 Å². The molecule has 0 aliphatic heterocycles. The first-order valence-corrected chi connectivity index (χ1v) is 6.77. The van der Waals surface area contributed by atoms with Crippen molar-refractivity contribution in [2.24, 2.45) is 7.05 Å². The van der Waals surface area contributed by atoms with Gasteiger partial charge >= 0.3 is 0 Å². The average molecular weight is 265 g/mol. The molecule has 1 aromatic carbocycles. The van der Waals surface area contributed by atoms with E-state index in [4.69, 9.17) is 11.6 Å². The third-order valence-corrected chi connectivity index (χ3v) is 4.03. The maximum Gasteiger partial charge on any atom is 0.0527 e. The van der Waals surface area contributed by atoms with E-state index in [9.17, 15) is 0 Å². The van der Waals surface area contributed by atoms with E-state index in [1.54, 1.807) is 0 Å². The van der Waals surface area contributed by atoms with Crippen LogP contribution in [0.4, 0.5) is 0 Å². The van der Waals surface area contributed by atoms with Crippen molar-refractivity contribution in [1.82, 2.24) is 9.88 Å². The van der Waals surface area contributed by atoms with Gasteiger partial charge in [-0.3, -0.25) is 0 Å². The Hall–Kier alpha value is -0.990. The number of halogens is 1. The molecule has 0 atom stereocenters. The van der Waals surface area contributed by atoms with Gasteiger partial charge in [-0.25, -0.2) is 0 Å². The first-order valence-electron chi connectivity index (χ1n) is 6.39. The largest absolute Gasteiger partial charge is 0.346 e. The van der Waals surface area contributed by atoms with E-state index in [0.717, 1.165) is 17.1 Å². The van der Waals surface area contributed by atoms with Gasteiger partial charge in [-0.1, -0.05) is 31.5 Å². The molecule has 0 radical (unpaired) electrons. The Labute approximate surface area is 114 Å². The third kappa shape index (κ3) is 2.15. The minimum atomic E-state index is 0.493. The number of hydrogen-bond acceptors (Lipinski definition) is 1. The summed E-state index contributed by atoms with van der Waals surface area (Å²) in [5, 5.41) is 5.63. The first kappa shape index (κ1) is 13.4. The van der Waals surface area contributed by atoms with E-state index < -0.39 is 0 Å². The van der Waals surface area contributed by atoms with Crippen molar-refractivity contribution in [3.8, 4) is 0 Å². The van der Waals surface area contributed by atoms with Gasteiger partial charge in [0, 0.05) is 35.7 Å². The third-order valence-electron chi connectivity index (χ3n) is 3.62. The Morgan fingerprint density at radius 3 is 2.50 bits per heavy atom. The summed E-state index contributed by atoms with van der Waals surface area (Å²) in [5.74, 6) is 0. The topological polar surface area (TPSA) is 17.0 Å². The molecule has 2 nitrogen and oxygen atoms in total. The highest BCUT2D eigenvalue weighted by Gasteiger charge is 2.14. The molecule has 1 aromatic heterocycles. The predicted octanol–water partition coefficient (Wildman–Crippen LogP) is 3.95. The molecule has 0 saturated heterocycles. The lowest BCUT2D eigenvalue weighted by molar-refractivity contribution is 0.571. The van der Waals surface area contributed by atoms with Gasteiger partial charge < -0.3 is 9.88 Å². The van der Waals surface area contributed by atoms with Crippen molar-refractivity contribution < 1.29 is 0 Å². The number of aryl methyl sites for hydroxylation is 3. The van der Waals surface area contributed by atoms with Crippen LogP contribution < -0.4 is 5.32 Å². The quantitative estimate of drug-likeness (QED) is 0.888. The number of nitrogens with one attached hydrogen (secondary N) is 1. The summed E-state index contributed by atoms with van der Waals surface area (Å²) in [4.78, 5) is 0. The highest BCUT2D eigenvalue weighted by Crippen LogP contribution is 2.31. The Kier molecular flexibility index (Phi) is 3.69. The van der Waals surface area contributed by atoms with Crippen LogP contribution in [0.2, 0.25) is 5.02 Å². The summed E-state index contributed by atoms with van der Waals surface area (Å²) in [5.41, 5.74) is 5.10. The second-order valence-corrected chi connectivity index (χ2v) is 5.64. The van der Waals surface area contributed by atoms with Gasteiger partial charge in [0.05, 0.1) is 5.52 Å². The van der Waals surface area contributed by atoms with Crippen molar-refractivity contribution in [2.45, 2.75) is 40.3 Å². The van der Waals surface area contributed by atoms with Crippen molar-refractivity contribution in [2.75, 3.05) is 0 Å². The van der Waals surface area contributed by atoms with E-state index in [0.29, 0.717) is 6.04 Å². The van der Waals surface area contributed by atoms with E-state index in [1.165, 1.54) is 22.2 Å². The van der Waals surface area contributed by atoms with Crippen LogP contribution in [0, 0.1) is 13.8 Å². The summed E-state index contributed by atoms with van der Waals surface area (Å²) >= 11 is 6.22. The molecule has 0 aliphatic carbocycles. The van der Waals surface area contributed by atoms with Gasteiger partial charge in [0.1, 0.15) is 0 Å². The van der Waals surface area contributed by atoms with E-state index in [1.807, 2.05) is 6.07 Å². The molecule has 0 amide bonds. The van der Waals surface area contributed by atoms with Crippen LogP contribution in [0.5, 0.6) is 0 Å². The minimum absolute atomic E-state index is 0.493. The molecule has 0 fully saturated rings. The van der Waals surface area contributed by atoms with Gasteiger partial charge in [0.25, 0.3) is 0 Å². The van der Waals surface area contributed by atoms with Crippen LogP contribution in [0.15, 0.2) is 12.1 Å². The Balaban J connectivity index is 2.59. The molecule has 1 N–H and O–H groups in total. The summed E-state index contributed by atoms with van der Waals surface area (Å²) in [6.07, 6.45) is 0. The van der Waals surface area contributed by atoms with Crippen molar-refractivity contribution in [1.29, 1.82) is 0 Å². The minimum Gasteiger partial charge on any atom is -0.346 e. The van der Waals surface area contributed by atoms with Crippen molar-refractivity contribution in [3.05, 3.63) is 34.0 Å². The Morgan fingerprint density at radius 2 is 1.89 bits per heavy atom. The average Bonchev–Trinajstić information content (AvgIpc) is 2.54. The van der Waals surface area contributed by atoms with Crippen LogP contribution in [-0.2, 0) is 13.6 Å². The first-order chi connectivity index (χ1) is 8.43. The number of benzene rings is 1. The maximum absolute atomic E-state index is 6.22. The van der Waals surface area contributed by atoms with E-state index >= 15 is 0 Å². The lowest BCUT2D eigenvalue weighted by atomic mass is 10.1. The van der Waals surface area contributed by atoms with Crippen LogP contribution in [0.1, 0.15) is 30.7 Å². The highest BCUT2D eigenvalue weighted by atomic mass is 35.5.